The molecule has 3 rings (SSSR count). The minimum atomic E-state index is -1.88. The van der Waals surface area contributed by atoms with Crippen LogP contribution in [0.3, 0.4) is 0 Å². The average Bonchev–Trinajstić information content (AvgIpc) is 3.21. The number of halogens is 1. The zero-order valence-electron chi connectivity index (χ0n) is 19.3. The monoisotopic (exact) mass is 471 g/mol. The highest BCUT2D eigenvalue weighted by Crippen LogP contribution is 2.40. The van der Waals surface area contributed by atoms with Crippen molar-refractivity contribution in [3.05, 3.63) is 59.9 Å². The van der Waals surface area contributed by atoms with Gasteiger partial charge in [0, 0.05) is 19.0 Å². The number of nitrogens with one attached hydrogen (secondary N) is 2. The molecule has 0 unspecified atom stereocenters. The number of hydrogen-bond donors (Lipinski definition) is 4. The molecule has 182 valence electrons. The van der Waals surface area contributed by atoms with Gasteiger partial charge in [0.05, 0.1) is 6.42 Å². The molecule has 9 heteroatoms. The summed E-state index contributed by atoms with van der Waals surface area (Å²) < 4.78 is 14.4. The summed E-state index contributed by atoms with van der Waals surface area (Å²) in [6, 6.07) is 12.8. The van der Waals surface area contributed by atoms with E-state index in [1.54, 1.807) is 6.07 Å². The zero-order valence-corrected chi connectivity index (χ0v) is 19.3. The molecule has 0 aliphatic carbocycles. The molecule has 0 spiro atoms. The normalized spacial score (nSPS) is 19.7. The van der Waals surface area contributed by atoms with Crippen LogP contribution in [-0.4, -0.2) is 58.4 Å². The van der Waals surface area contributed by atoms with E-state index in [2.05, 4.69) is 10.6 Å². The van der Waals surface area contributed by atoms with Crippen molar-refractivity contribution >= 4 is 18.0 Å². The van der Waals surface area contributed by atoms with Crippen molar-refractivity contribution in [3.8, 4) is 11.1 Å². The number of carbonyl (C=O) groups is 3. The number of carbonyl (C=O) groups excluding carboxylic acids is 1. The van der Waals surface area contributed by atoms with Gasteiger partial charge in [-0.15, -0.1) is 0 Å². The Labute approximate surface area is 197 Å². The predicted octanol–water partition coefficient (Wildman–Crippen LogP) is 3.49. The molecule has 0 aromatic heterocycles. The standard InChI is InChI=1S/C25H30FN3O5/c1-16(2)15-29(13-11-22(30)31)24(34)28-25(23(32)33)21(10-12-27-25)20-14-18(26)8-9-19(20)17-6-4-3-5-7-17/h3-9,14,16,21,27H,10-13,15H2,1-2H3,(H,28,34)(H,30,31)(H,32,33)/t21-,25-/m0/s1. The molecule has 1 fully saturated rings. The maximum atomic E-state index is 14.4. The van der Waals surface area contributed by atoms with Gasteiger partial charge in [-0.05, 0) is 47.7 Å². The number of aliphatic carboxylic acids is 2. The number of carboxylic acids is 2. The van der Waals surface area contributed by atoms with E-state index in [0.717, 1.165) is 5.56 Å². The Bertz CT molecular complexity index is 1050. The van der Waals surface area contributed by atoms with E-state index in [9.17, 15) is 23.9 Å². The van der Waals surface area contributed by atoms with Gasteiger partial charge >= 0.3 is 18.0 Å². The third-order valence-corrected chi connectivity index (χ3v) is 5.94. The van der Waals surface area contributed by atoms with Gasteiger partial charge in [-0.1, -0.05) is 50.2 Å². The van der Waals surface area contributed by atoms with Crippen molar-refractivity contribution in [1.82, 2.24) is 15.5 Å². The van der Waals surface area contributed by atoms with Gasteiger partial charge in [-0.25, -0.2) is 14.0 Å². The maximum Gasteiger partial charge on any atom is 0.345 e. The third kappa shape index (κ3) is 5.53. The van der Waals surface area contributed by atoms with E-state index in [-0.39, 0.29) is 25.4 Å². The smallest absolute Gasteiger partial charge is 0.345 e. The number of hydrogen-bond acceptors (Lipinski definition) is 4. The lowest BCUT2D eigenvalue weighted by molar-refractivity contribution is -0.146. The molecular weight excluding hydrogens is 441 g/mol. The van der Waals surface area contributed by atoms with Gasteiger partial charge in [0.25, 0.3) is 0 Å². The fourth-order valence-electron chi connectivity index (χ4n) is 4.45. The maximum absolute atomic E-state index is 14.4. The lowest BCUT2D eigenvalue weighted by Crippen LogP contribution is -2.66. The topological polar surface area (TPSA) is 119 Å². The first kappa shape index (κ1) is 25.2. The van der Waals surface area contributed by atoms with Gasteiger partial charge in [-0.3, -0.25) is 10.1 Å². The van der Waals surface area contributed by atoms with Crippen LogP contribution >= 0.6 is 0 Å². The number of nitrogens with zero attached hydrogens (tertiary/aromatic N) is 1. The summed E-state index contributed by atoms with van der Waals surface area (Å²) in [6.07, 6.45) is 0.0916. The molecule has 1 aliphatic heterocycles. The van der Waals surface area contributed by atoms with Crippen molar-refractivity contribution in [3.63, 3.8) is 0 Å². The number of urea groups is 1. The van der Waals surface area contributed by atoms with Crippen LogP contribution in [-0.2, 0) is 9.59 Å². The van der Waals surface area contributed by atoms with Crippen molar-refractivity contribution in [2.45, 2.75) is 38.3 Å². The quantitative estimate of drug-likeness (QED) is 0.445. The summed E-state index contributed by atoms with van der Waals surface area (Å²) in [5.74, 6) is -3.58. The lowest BCUT2D eigenvalue weighted by Gasteiger charge is -2.36. The van der Waals surface area contributed by atoms with Crippen LogP contribution in [0.2, 0.25) is 0 Å². The summed E-state index contributed by atoms with van der Waals surface area (Å²) >= 11 is 0. The molecule has 1 aliphatic rings. The second-order valence-electron chi connectivity index (χ2n) is 8.89. The Balaban J connectivity index is 2.00. The Morgan fingerprint density at radius 1 is 1.18 bits per heavy atom. The zero-order chi connectivity index (χ0) is 24.9. The summed E-state index contributed by atoms with van der Waals surface area (Å²) in [6.45, 7) is 4.25. The molecule has 2 atom stereocenters. The van der Waals surface area contributed by atoms with Crippen LogP contribution in [0.25, 0.3) is 11.1 Å². The molecule has 1 heterocycles. The fourth-order valence-corrected chi connectivity index (χ4v) is 4.45. The van der Waals surface area contributed by atoms with Crippen molar-refractivity contribution in [1.29, 1.82) is 0 Å². The average molecular weight is 472 g/mol. The number of benzene rings is 2. The van der Waals surface area contributed by atoms with Gasteiger partial charge in [0.2, 0.25) is 0 Å². The molecule has 2 amide bonds. The number of carboxylic acid groups (broad SMARTS) is 2. The molecule has 0 saturated carbocycles. The molecule has 34 heavy (non-hydrogen) atoms. The van der Waals surface area contributed by atoms with Gasteiger partial charge < -0.3 is 20.4 Å². The first-order valence-electron chi connectivity index (χ1n) is 11.3. The summed E-state index contributed by atoms with van der Waals surface area (Å²) in [7, 11) is 0. The van der Waals surface area contributed by atoms with Crippen LogP contribution in [0.5, 0.6) is 0 Å². The highest BCUT2D eigenvalue weighted by atomic mass is 19.1. The lowest BCUT2D eigenvalue weighted by atomic mass is 9.82. The largest absolute Gasteiger partial charge is 0.481 e. The minimum absolute atomic E-state index is 0.0422. The third-order valence-electron chi connectivity index (χ3n) is 5.94. The molecule has 0 bridgehead atoms. The summed E-state index contributed by atoms with van der Waals surface area (Å²) in [5.41, 5.74) is 0.0746. The Morgan fingerprint density at radius 2 is 1.88 bits per heavy atom. The van der Waals surface area contributed by atoms with Crippen LogP contribution in [0.1, 0.15) is 38.2 Å². The Kier molecular flexibility index (Phi) is 7.88. The van der Waals surface area contributed by atoms with Gasteiger partial charge in [0.15, 0.2) is 5.66 Å². The highest BCUT2D eigenvalue weighted by Gasteiger charge is 2.52. The van der Waals surface area contributed by atoms with Crippen LogP contribution in [0, 0.1) is 11.7 Å². The number of rotatable bonds is 9. The molecule has 2 aromatic carbocycles. The van der Waals surface area contributed by atoms with E-state index < -0.39 is 35.4 Å². The second-order valence-corrected chi connectivity index (χ2v) is 8.89. The SMILES string of the molecule is CC(C)CN(CCC(=O)O)C(=O)N[C@@]1(C(=O)O)NCC[C@H]1c1cc(F)ccc1-c1ccccc1. The van der Waals surface area contributed by atoms with E-state index in [0.29, 0.717) is 24.1 Å². The van der Waals surface area contributed by atoms with E-state index in [1.165, 1.54) is 17.0 Å². The molecule has 4 N–H and O–H groups in total. The van der Waals surface area contributed by atoms with E-state index in [4.69, 9.17) is 5.11 Å². The second kappa shape index (κ2) is 10.6. The first-order valence-corrected chi connectivity index (χ1v) is 11.3. The van der Waals surface area contributed by atoms with Crippen LogP contribution in [0.4, 0.5) is 9.18 Å². The van der Waals surface area contributed by atoms with Crippen molar-refractivity contribution in [2.75, 3.05) is 19.6 Å². The number of amides is 2. The summed E-state index contributed by atoms with van der Waals surface area (Å²) in [4.78, 5) is 38.2. The highest BCUT2D eigenvalue weighted by molar-refractivity contribution is 5.88. The van der Waals surface area contributed by atoms with Gasteiger partial charge in [0.1, 0.15) is 5.82 Å². The minimum Gasteiger partial charge on any atom is -0.481 e. The predicted molar refractivity (Wildman–Crippen MR) is 125 cm³/mol. The van der Waals surface area contributed by atoms with Crippen LogP contribution in [0.15, 0.2) is 48.5 Å². The van der Waals surface area contributed by atoms with Crippen molar-refractivity contribution < 1.29 is 29.0 Å². The molecule has 0 radical (unpaired) electrons. The van der Waals surface area contributed by atoms with E-state index >= 15 is 0 Å². The van der Waals surface area contributed by atoms with Crippen LogP contribution < -0.4 is 10.6 Å². The van der Waals surface area contributed by atoms with Crippen molar-refractivity contribution in [2.24, 2.45) is 5.92 Å². The molecule has 1 saturated heterocycles. The molecule has 2 aromatic rings. The first-order chi connectivity index (χ1) is 16.1. The summed E-state index contributed by atoms with van der Waals surface area (Å²) in [5, 5.41) is 24.9. The Hall–Kier alpha value is -3.46. The molecule has 8 nitrogen and oxygen atoms in total. The molecular formula is C25H30FN3O5. The van der Waals surface area contributed by atoms with E-state index in [1.807, 2.05) is 44.2 Å². The fraction of sp³-hybridized carbons (Fsp3) is 0.400. The Morgan fingerprint density at radius 3 is 2.50 bits per heavy atom. The van der Waals surface area contributed by atoms with Gasteiger partial charge in [-0.2, -0.15) is 0 Å².